The van der Waals surface area contributed by atoms with Gasteiger partial charge in [0.2, 0.25) is 11.8 Å². The second-order valence-corrected chi connectivity index (χ2v) is 7.10. The van der Waals surface area contributed by atoms with Crippen molar-refractivity contribution in [2.45, 2.75) is 40.0 Å². The molecule has 5 nitrogen and oxygen atoms in total. The lowest BCUT2D eigenvalue weighted by Crippen LogP contribution is -2.38. The average Bonchev–Trinajstić information content (AvgIpc) is 2.66. The van der Waals surface area contributed by atoms with E-state index in [1.165, 1.54) is 0 Å². The molecule has 0 saturated carbocycles. The van der Waals surface area contributed by atoms with Crippen molar-refractivity contribution in [3.05, 3.63) is 59.7 Å². The third-order valence-electron chi connectivity index (χ3n) is 4.54. The molecule has 150 valence electrons. The smallest absolute Gasteiger partial charge is 0.223 e. The number of amides is 2. The quantitative estimate of drug-likeness (QED) is 0.712. The van der Waals surface area contributed by atoms with Gasteiger partial charge >= 0.3 is 0 Å². The largest absolute Gasteiger partial charge is 0.493 e. The molecule has 0 saturated heterocycles. The van der Waals surface area contributed by atoms with E-state index < -0.39 is 0 Å². The summed E-state index contributed by atoms with van der Waals surface area (Å²) in [6, 6.07) is 15.5. The Bertz CT molecular complexity index is 788. The predicted molar refractivity (Wildman–Crippen MR) is 113 cm³/mol. The minimum atomic E-state index is -0.0895. The lowest BCUT2D eigenvalue weighted by molar-refractivity contribution is -0.122. The summed E-state index contributed by atoms with van der Waals surface area (Å²) in [4.78, 5) is 26.1. The fourth-order valence-corrected chi connectivity index (χ4v) is 3.12. The predicted octanol–water partition coefficient (Wildman–Crippen LogP) is 4.06. The van der Waals surface area contributed by atoms with Crippen LogP contribution >= 0.6 is 0 Å². The molecule has 0 fully saturated rings. The van der Waals surface area contributed by atoms with Crippen molar-refractivity contribution in [3.63, 3.8) is 0 Å². The van der Waals surface area contributed by atoms with Crippen LogP contribution in [0.4, 0.5) is 5.69 Å². The first-order valence-electron chi connectivity index (χ1n) is 9.72. The molecule has 2 amide bonds. The molecule has 0 aliphatic carbocycles. The molecule has 2 aromatic rings. The summed E-state index contributed by atoms with van der Waals surface area (Å²) in [6.45, 7) is 8.96. The molecule has 0 spiro atoms. The van der Waals surface area contributed by atoms with Crippen LogP contribution in [0.5, 0.6) is 5.75 Å². The summed E-state index contributed by atoms with van der Waals surface area (Å²) < 4.78 is 5.54. The highest BCUT2D eigenvalue weighted by Crippen LogP contribution is 2.30. The molecule has 0 bridgehead atoms. The molecule has 0 unspecified atom stereocenters. The molecule has 0 aromatic heterocycles. The van der Waals surface area contributed by atoms with Crippen LogP contribution < -0.4 is 15.0 Å². The first-order chi connectivity index (χ1) is 13.4. The molecule has 0 atom stereocenters. The third-order valence-corrected chi connectivity index (χ3v) is 4.54. The Morgan fingerprint density at radius 3 is 2.43 bits per heavy atom. The SMILES string of the molecule is CC(=O)N(CCNC(=O)CCOc1ccccc1)c1c(C)cccc1C(C)C. The highest BCUT2D eigenvalue weighted by molar-refractivity contribution is 5.93. The number of nitrogens with one attached hydrogen (secondary N) is 1. The Balaban J connectivity index is 1.89. The first-order valence-corrected chi connectivity index (χ1v) is 9.72. The second-order valence-electron chi connectivity index (χ2n) is 7.10. The molecule has 5 heteroatoms. The van der Waals surface area contributed by atoms with Crippen molar-refractivity contribution < 1.29 is 14.3 Å². The zero-order valence-electron chi connectivity index (χ0n) is 17.2. The Morgan fingerprint density at radius 2 is 1.79 bits per heavy atom. The van der Waals surface area contributed by atoms with Gasteiger partial charge in [-0.1, -0.05) is 50.2 Å². The van der Waals surface area contributed by atoms with Gasteiger partial charge in [0.25, 0.3) is 0 Å². The van der Waals surface area contributed by atoms with Gasteiger partial charge in [-0.2, -0.15) is 0 Å². The van der Waals surface area contributed by atoms with Gasteiger partial charge in [-0.25, -0.2) is 0 Å². The van der Waals surface area contributed by atoms with E-state index in [1.807, 2.05) is 49.4 Å². The van der Waals surface area contributed by atoms with Crippen LogP contribution in [0.15, 0.2) is 48.5 Å². The van der Waals surface area contributed by atoms with Crippen molar-refractivity contribution in [2.75, 3.05) is 24.6 Å². The van der Waals surface area contributed by atoms with Gasteiger partial charge in [0, 0.05) is 20.0 Å². The van der Waals surface area contributed by atoms with E-state index in [2.05, 4.69) is 25.2 Å². The van der Waals surface area contributed by atoms with Gasteiger partial charge in [-0.05, 0) is 36.1 Å². The molecule has 28 heavy (non-hydrogen) atoms. The van der Waals surface area contributed by atoms with Crippen LogP contribution in [-0.2, 0) is 9.59 Å². The van der Waals surface area contributed by atoms with E-state index in [1.54, 1.807) is 11.8 Å². The zero-order valence-corrected chi connectivity index (χ0v) is 17.2. The first kappa shape index (κ1) is 21.5. The van der Waals surface area contributed by atoms with Crippen molar-refractivity contribution in [2.24, 2.45) is 0 Å². The molecule has 2 rings (SSSR count). The van der Waals surface area contributed by atoms with Crippen LogP contribution in [0.3, 0.4) is 0 Å². The van der Waals surface area contributed by atoms with Gasteiger partial charge in [0.15, 0.2) is 0 Å². The van der Waals surface area contributed by atoms with Gasteiger partial charge < -0.3 is 15.0 Å². The summed E-state index contributed by atoms with van der Waals surface area (Å²) in [7, 11) is 0. The number of anilines is 1. The molecule has 0 aliphatic rings. The van der Waals surface area contributed by atoms with E-state index in [0.29, 0.717) is 25.6 Å². The number of hydrogen-bond donors (Lipinski definition) is 1. The lowest BCUT2D eigenvalue weighted by Gasteiger charge is -2.27. The number of para-hydroxylation sites is 2. The monoisotopic (exact) mass is 382 g/mol. The van der Waals surface area contributed by atoms with E-state index in [0.717, 1.165) is 22.6 Å². The van der Waals surface area contributed by atoms with Gasteiger partial charge in [0.1, 0.15) is 5.75 Å². The number of rotatable bonds is 9. The number of aryl methyl sites for hydroxylation is 1. The maximum atomic E-state index is 12.3. The third kappa shape index (κ3) is 6.12. The molecule has 0 aliphatic heterocycles. The summed E-state index contributed by atoms with van der Waals surface area (Å²) in [6.07, 6.45) is 0.274. The minimum absolute atomic E-state index is 0.0298. The number of nitrogens with zero attached hydrogens (tertiary/aromatic N) is 1. The topological polar surface area (TPSA) is 58.6 Å². The second kappa shape index (κ2) is 10.5. The molecule has 0 radical (unpaired) electrons. The van der Waals surface area contributed by atoms with Crippen molar-refractivity contribution in [1.29, 1.82) is 0 Å². The van der Waals surface area contributed by atoms with Crippen molar-refractivity contribution in [1.82, 2.24) is 5.32 Å². The maximum Gasteiger partial charge on any atom is 0.223 e. The van der Waals surface area contributed by atoms with Crippen molar-refractivity contribution >= 4 is 17.5 Å². The van der Waals surface area contributed by atoms with Crippen LogP contribution in [0.1, 0.15) is 44.2 Å². The summed E-state index contributed by atoms with van der Waals surface area (Å²) >= 11 is 0. The fraction of sp³-hybridized carbons (Fsp3) is 0.391. The van der Waals surface area contributed by atoms with Crippen LogP contribution in [0.25, 0.3) is 0 Å². The van der Waals surface area contributed by atoms with E-state index >= 15 is 0 Å². The minimum Gasteiger partial charge on any atom is -0.493 e. The number of ether oxygens (including phenoxy) is 1. The molecule has 0 heterocycles. The van der Waals surface area contributed by atoms with Crippen LogP contribution in [-0.4, -0.2) is 31.5 Å². The lowest BCUT2D eigenvalue weighted by atomic mass is 9.97. The Hall–Kier alpha value is -2.82. The highest BCUT2D eigenvalue weighted by atomic mass is 16.5. The van der Waals surface area contributed by atoms with Gasteiger partial charge in [-0.15, -0.1) is 0 Å². The van der Waals surface area contributed by atoms with E-state index in [9.17, 15) is 9.59 Å². The molecule has 2 aromatic carbocycles. The van der Waals surface area contributed by atoms with Crippen molar-refractivity contribution in [3.8, 4) is 5.75 Å². The molecule has 1 N–H and O–H groups in total. The van der Waals surface area contributed by atoms with E-state index in [-0.39, 0.29) is 18.2 Å². The standard InChI is InChI=1S/C23H30N2O3/c1-17(2)21-12-8-9-18(3)23(21)25(19(4)26)15-14-24-22(27)13-16-28-20-10-6-5-7-11-20/h5-12,17H,13-16H2,1-4H3,(H,24,27). The van der Waals surface area contributed by atoms with Crippen LogP contribution in [0.2, 0.25) is 0 Å². The van der Waals surface area contributed by atoms with Gasteiger partial charge in [0.05, 0.1) is 18.7 Å². The number of hydrogen-bond acceptors (Lipinski definition) is 3. The summed E-state index contributed by atoms with van der Waals surface area (Å²) in [5, 5.41) is 2.88. The van der Waals surface area contributed by atoms with Crippen LogP contribution in [0, 0.1) is 6.92 Å². The Labute approximate surface area is 167 Å². The number of benzene rings is 2. The number of carbonyl (C=O) groups excluding carboxylic acids is 2. The maximum absolute atomic E-state index is 12.3. The highest BCUT2D eigenvalue weighted by Gasteiger charge is 2.19. The fourth-order valence-electron chi connectivity index (χ4n) is 3.12. The normalized spacial score (nSPS) is 10.6. The summed E-state index contributed by atoms with van der Waals surface area (Å²) in [5.74, 6) is 0.937. The molecular formula is C23H30N2O3. The van der Waals surface area contributed by atoms with E-state index in [4.69, 9.17) is 4.74 Å². The van der Waals surface area contributed by atoms with Gasteiger partial charge in [-0.3, -0.25) is 9.59 Å². The summed E-state index contributed by atoms with van der Waals surface area (Å²) in [5.41, 5.74) is 3.15. The Kier molecular flexibility index (Phi) is 8.05. The number of carbonyl (C=O) groups is 2. The Morgan fingerprint density at radius 1 is 1.07 bits per heavy atom. The average molecular weight is 383 g/mol. The molecular weight excluding hydrogens is 352 g/mol. The zero-order chi connectivity index (χ0) is 20.5.